The Balaban J connectivity index is 2.10. The minimum absolute atomic E-state index is 0.0642. The van der Waals surface area contributed by atoms with Crippen molar-refractivity contribution >= 4 is 0 Å². The van der Waals surface area contributed by atoms with Crippen molar-refractivity contribution in [2.75, 3.05) is 20.3 Å². The van der Waals surface area contributed by atoms with E-state index >= 15 is 0 Å². The third kappa shape index (κ3) is 3.20. The quantitative estimate of drug-likeness (QED) is 0.809. The first kappa shape index (κ1) is 16.3. The summed E-state index contributed by atoms with van der Waals surface area (Å²) < 4.78 is 12.3. The maximum Gasteiger partial charge on any atom is 0.0806 e. The summed E-state index contributed by atoms with van der Waals surface area (Å²) in [4.78, 5) is 0. The second-order valence-electron chi connectivity index (χ2n) is 6.86. The van der Waals surface area contributed by atoms with E-state index in [4.69, 9.17) is 9.47 Å². The summed E-state index contributed by atoms with van der Waals surface area (Å²) in [5.41, 5.74) is 0.129. The zero-order chi connectivity index (χ0) is 14.6. The molecule has 20 heavy (non-hydrogen) atoms. The molecule has 2 aliphatic rings. The second kappa shape index (κ2) is 6.76. The molecule has 0 bridgehead atoms. The SMILES string of the molecule is CCOC(C)(CC)C(NC)C1CCOC2(CCCC2)C1. The van der Waals surface area contributed by atoms with E-state index in [1.807, 2.05) is 0 Å². The second-order valence-corrected chi connectivity index (χ2v) is 6.86. The molecule has 3 nitrogen and oxygen atoms in total. The first-order valence-electron chi connectivity index (χ1n) is 8.54. The van der Waals surface area contributed by atoms with Crippen molar-refractivity contribution < 1.29 is 9.47 Å². The Hall–Kier alpha value is -0.120. The van der Waals surface area contributed by atoms with Crippen LogP contribution in [0.2, 0.25) is 0 Å². The number of hydrogen-bond acceptors (Lipinski definition) is 3. The van der Waals surface area contributed by atoms with E-state index in [0.717, 1.165) is 26.1 Å². The van der Waals surface area contributed by atoms with E-state index in [2.05, 4.69) is 33.1 Å². The van der Waals surface area contributed by atoms with Crippen molar-refractivity contribution in [3.63, 3.8) is 0 Å². The third-order valence-corrected chi connectivity index (χ3v) is 5.66. The number of ether oxygens (including phenoxy) is 2. The molecular weight excluding hydrogens is 250 g/mol. The van der Waals surface area contributed by atoms with Crippen LogP contribution in [0.15, 0.2) is 0 Å². The fraction of sp³-hybridized carbons (Fsp3) is 1.00. The molecule has 1 aliphatic heterocycles. The molecule has 0 aromatic heterocycles. The van der Waals surface area contributed by atoms with Gasteiger partial charge in [0, 0.05) is 19.3 Å². The lowest BCUT2D eigenvalue weighted by molar-refractivity contribution is -0.126. The normalized spacial score (nSPS) is 30.3. The lowest BCUT2D eigenvalue weighted by Crippen LogP contribution is -2.56. The van der Waals surface area contributed by atoms with E-state index in [9.17, 15) is 0 Å². The molecule has 1 aliphatic carbocycles. The van der Waals surface area contributed by atoms with Gasteiger partial charge in [-0.1, -0.05) is 19.8 Å². The topological polar surface area (TPSA) is 30.5 Å². The van der Waals surface area contributed by atoms with Crippen LogP contribution in [0.3, 0.4) is 0 Å². The fourth-order valence-corrected chi connectivity index (χ4v) is 4.50. The van der Waals surface area contributed by atoms with Gasteiger partial charge in [0.1, 0.15) is 0 Å². The molecule has 1 spiro atoms. The Morgan fingerprint density at radius 1 is 1.35 bits per heavy atom. The van der Waals surface area contributed by atoms with Crippen molar-refractivity contribution in [3.05, 3.63) is 0 Å². The number of nitrogens with one attached hydrogen (secondary N) is 1. The molecule has 1 N–H and O–H groups in total. The van der Waals surface area contributed by atoms with Gasteiger partial charge in [-0.3, -0.25) is 0 Å². The lowest BCUT2D eigenvalue weighted by atomic mass is 9.74. The molecule has 0 radical (unpaired) electrons. The predicted molar refractivity (Wildman–Crippen MR) is 83.0 cm³/mol. The minimum atomic E-state index is -0.0642. The van der Waals surface area contributed by atoms with Crippen LogP contribution < -0.4 is 5.32 Å². The van der Waals surface area contributed by atoms with Gasteiger partial charge in [0.05, 0.1) is 11.2 Å². The van der Waals surface area contributed by atoms with Crippen molar-refractivity contribution in [1.82, 2.24) is 5.32 Å². The van der Waals surface area contributed by atoms with Crippen LogP contribution >= 0.6 is 0 Å². The molecule has 3 unspecified atom stereocenters. The van der Waals surface area contributed by atoms with Gasteiger partial charge in [-0.15, -0.1) is 0 Å². The van der Waals surface area contributed by atoms with E-state index in [0.29, 0.717) is 12.0 Å². The summed E-state index contributed by atoms with van der Waals surface area (Å²) in [6.07, 6.45) is 8.63. The van der Waals surface area contributed by atoms with E-state index < -0.39 is 0 Å². The minimum Gasteiger partial charge on any atom is -0.375 e. The van der Waals surface area contributed by atoms with Crippen molar-refractivity contribution in [2.45, 2.75) is 83.0 Å². The zero-order valence-electron chi connectivity index (χ0n) is 13.8. The molecule has 0 aromatic rings. The highest BCUT2D eigenvalue weighted by atomic mass is 16.5. The smallest absolute Gasteiger partial charge is 0.0806 e. The summed E-state index contributed by atoms with van der Waals surface area (Å²) in [6.45, 7) is 8.33. The summed E-state index contributed by atoms with van der Waals surface area (Å²) in [7, 11) is 2.09. The van der Waals surface area contributed by atoms with E-state index in [-0.39, 0.29) is 11.2 Å². The first-order valence-corrected chi connectivity index (χ1v) is 8.54. The molecule has 2 fully saturated rings. The van der Waals surface area contributed by atoms with E-state index in [1.165, 1.54) is 32.1 Å². The number of likely N-dealkylation sites (N-methyl/N-ethyl adjacent to an activating group) is 1. The summed E-state index contributed by atoms with van der Waals surface area (Å²) in [5.74, 6) is 0.670. The molecule has 2 rings (SSSR count). The average Bonchev–Trinajstić information content (AvgIpc) is 2.88. The molecule has 1 heterocycles. The molecule has 0 amide bonds. The maximum atomic E-state index is 6.19. The first-order chi connectivity index (χ1) is 9.59. The van der Waals surface area contributed by atoms with Crippen LogP contribution in [0.5, 0.6) is 0 Å². The third-order valence-electron chi connectivity index (χ3n) is 5.66. The standard InChI is InChI=1S/C17H33NO2/c1-5-16(3,19-6-2)15(18-4)14-9-12-20-17(13-14)10-7-8-11-17/h14-15,18H,5-13H2,1-4H3. The van der Waals surface area contributed by atoms with Gasteiger partial charge >= 0.3 is 0 Å². The van der Waals surface area contributed by atoms with Crippen LogP contribution in [0, 0.1) is 5.92 Å². The van der Waals surface area contributed by atoms with Gasteiger partial charge in [-0.2, -0.15) is 0 Å². The molecule has 3 heteroatoms. The monoisotopic (exact) mass is 283 g/mol. The Labute approximate surface area is 124 Å². The highest BCUT2D eigenvalue weighted by Gasteiger charge is 2.46. The van der Waals surface area contributed by atoms with Crippen molar-refractivity contribution in [3.8, 4) is 0 Å². The van der Waals surface area contributed by atoms with Crippen LogP contribution in [-0.2, 0) is 9.47 Å². The summed E-state index contributed by atoms with van der Waals surface area (Å²) in [5, 5.41) is 3.57. The molecule has 1 saturated carbocycles. The van der Waals surface area contributed by atoms with Gasteiger partial charge in [0.25, 0.3) is 0 Å². The van der Waals surface area contributed by atoms with Crippen molar-refractivity contribution in [2.24, 2.45) is 5.92 Å². The van der Waals surface area contributed by atoms with Crippen LogP contribution in [-0.4, -0.2) is 37.5 Å². The highest BCUT2D eigenvalue weighted by molar-refractivity contribution is 4.99. The Kier molecular flexibility index (Phi) is 5.49. The molecular formula is C17H33NO2. The predicted octanol–water partition coefficient (Wildman–Crippen LogP) is 3.52. The average molecular weight is 283 g/mol. The Bertz CT molecular complexity index is 301. The lowest BCUT2D eigenvalue weighted by Gasteiger charge is -2.47. The van der Waals surface area contributed by atoms with E-state index in [1.54, 1.807) is 0 Å². The van der Waals surface area contributed by atoms with Crippen LogP contribution in [0.1, 0.15) is 65.7 Å². The highest BCUT2D eigenvalue weighted by Crippen LogP contribution is 2.44. The number of hydrogen-bond donors (Lipinski definition) is 1. The molecule has 118 valence electrons. The fourth-order valence-electron chi connectivity index (χ4n) is 4.50. The van der Waals surface area contributed by atoms with Gasteiger partial charge in [-0.25, -0.2) is 0 Å². The molecule has 0 aromatic carbocycles. The molecule has 3 atom stereocenters. The Morgan fingerprint density at radius 2 is 2.05 bits per heavy atom. The number of rotatable bonds is 6. The van der Waals surface area contributed by atoms with Gasteiger partial charge < -0.3 is 14.8 Å². The van der Waals surface area contributed by atoms with Gasteiger partial charge in [0.2, 0.25) is 0 Å². The largest absolute Gasteiger partial charge is 0.375 e. The van der Waals surface area contributed by atoms with Crippen LogP contribution in [0.25, 0.3) is 0 Å². The van der Waals surface area contributed by atoms with Crippen LogP contribution in [0.4, 0.5) is 0 Å². The van der Waals surface area contributed by atoms with Gasteiger partial charge in [-0.05, 0) is 58.9 Å². The van der Waals surface area contributed by atoms with Crippen molar-refractivity contribution in [1.29, 1.82) is 0 Å². The summed E-state index contributed by atoms with van der Waals surface area (Å²) >= 11 is 0. The van der Waals surface area contributed by atoms with Gasteiger partial charge in [0.15, 0.2) is 0 Å². The zero-order valence-corrected chi connectivity index (χ0v) is 13.8. The Morgan fingerprint density at radius 3 is 2.60 bits per heavy atom. The summed E-state index contributed by atoms with van der Waals surface area (Å²) in [6, 6.07) is 0.425. The maximum absolute atomic E-state index is 6.19. The molecule has 1 saturated heterocycles.